The fourth-order valence-corrected chi connectivity index (χ4v) is 1.78. The lowest BCUT2D eigenvalue weighted by Gasteiger charge is -2.00. The quantitative estimate of drug-likeness (QED) is 0.623. The molecule has 8 nitrogen and oxygen atoms in total. The first kappa shape index (κ1) is 12.8. The molecule has 0 saturated carbocycles. The average molecular weight is 264 g/mol. The highest BCUT2D eigenvalue weighted by molar-refractivity contribution is 5.91. The van der Waals surface area contributed by atoms with Crippen LogP contribution in [0, 0.1) is 10.1 Å². The van der Waals surface area contributed by atoms with Crippen LogP contribution in [-0.2, 0) is 11.8 Å². The standard InChI is InChI=1S/C11H12N4O4/c1-14-9-6-7(15(18)19)2-3-8(9)11(13-14)12-5-4-10(16)17/h2-3,6H,4-5H2,1H3,(H,12,13)(H,16,17). The van der Waals surface area contributed by atoms with Crippen molar-refractivity contribution < 1.29 is 14.8 Å². The van der Waals surface area contributed by atoms with E-state index in [-0.39, 0.29) is 18.7 Å². The number of aliphatic carboxylic acids is 1. The maximum absolute atomic E-state index is 10.7. The second kappa shape index (κ2) is 4.92. The molecule has 0 unspecified atom stereocenters. The Hall–Kier alpha value is -2.64. The Morgan fingerprint density at radius 1 is 1.58 bits per heavy atom. The molecule has 0 aliphatic heterocycles. The van der Waals surface area contributed by atoms with E-state index < -0.39 is 10.9 Å². The number of benzene rings is 1. The molecule has 1 aromatic carbocycles. The number of aromatic nitrogens is 2. The van der Waals surface area contributed by atoms with Crippen LogP contribution in [0.25, 0.3) is 10.9 Å². The number of rotatable bonds is 5. The highest BCUT2D eigenvalue weighted by atomic mass is 16.6. The fraction of sp³-hybridized carbons (Fsp3) is 0.273. The van der Waals surface area contributed by atoms with Crippen LogP contribution in [0.15, 0.2) is 18.2 Å². The molecule has 0 aliphatic rings. The van der Waals surface area contributed by atoms with Crippen LogP contribution in [0.4, 0.5) is 11.5 Å². The van der Waals surface area contributed by atoms with Gasteiger partial charge in [-0.3, -0.25) is 19.6 Å². The number of nitro groups is 1. The normalized spacial score (nSPS) is 10.6. The maximum Gasteiger partial charge on any atom is 0.305 e. The van der Waals surface area contributed by atoms with Gasteiger partial charge in [0.1, 0.15) is 0 Å². The first-order valence-electron chi connectivity index (χ1n) is 5.56. The van der Waals surface area contributed by atoms with Crippen molar-refractivity contribution in [2.45, 2.75) is 6.42 Å². The third-order valence-corrected chi connectivity index (χ3v) is 2.68. The molecular formula is C11H12N4O4. The van der Waals surface area contributed by atoms with Gasteiger partial charge in [-0.25, -0.2) is 0 Å². The number of nitrogens with zero attached hydrogens (tertiary/aromatic N) is 3. The number of nitro benzene ring substituents is 1. The number of anilines is 1. The summed E-state index contributed by atoms with van der Waals surface area (Å²) in [5.41, 5.74) is 0.611. The molecule has 2 rings (SSSR count). The zero-order valence-electron chi connectivity index (χ0n) is 10.2. The summed E-state index contributed by atoms with van der Waals surface area (Å²) in [6, 6.07) is 4.43. The zero-order valence-corrected chi connectivity index (χ0v) is 10.2. The second-order valence-corrected chi connectivity index (χ2v) is 4.00. The lowest BCUT2D eigenvalue weighted by Crippen LogP contribution is -2.08. The van der Waals surface area contributed by atoms with E-state index >= 15 is 0 Å². The van der Waals surface area contributed by atoms with E-state index in [1.807, 2.05) is 0 Å². The number of non-ortho nitro benzene ring substituents is 1. The largest absolute Gasteiger partial charge is 0.481 e. The summed E-state index contributed by atoms with van der Waals surface area (Å²) in [6.07, 6.45) is -0.0228. The van der Waals surface area contributed by atoms with Crippen molar-refractivity contribution in [3.8, 4) is 0 Å². The molecule has 100 valence electrons. The second-order valence-electron chi connectivity index (χ2n) is 4.00. The molecule has 2 N–H and O–H groups in total. The van der Waals surface area contributed by atoms with Crippen LogP contribution < -0.4 is 5.32 Å². The molecule has 0 radical (unpaired) electrons. The molecule has 0 atom stereocenters. The Kier molecular flexibility index (Phi) is 3.32. The van der Waals surface area contributed by atoms with Gasteiger partial charge in [-0.05, 0) is 6.07 Å². The van der Waals surface area contributed by atoms with Crippen LogP contribution in [0.3, 0.4) is 0 Å². The number of fused-ring (bicyclic) bond motifs is 1. The van der Waals surface area contributed by atoms with Crippen molar-refractivity contribution in [3.05, 3.63) is 28.3 Å². The predicted molar refractivity (Wildman–Crippen MR) is 68.1 cm³/mol. The molecule has 0 spiro atoms. The number of carboxylic acids is 1. The molecule has 0 saturated heterocycles. The van der Waals surface area contributed by atoms with Crippen molar-refractivity contribution in [1.29, 1.82) is 0 Å². The van der Waals surface area contributed by atoms with Gasteiger partial charge in [0.25, 0.3) is 5.69 Å². The summed E-state index contributed by atoms with van der Waals surface area (Å²) < 4.78 is 1.52. The molecule has 0 aliphatic carbocycles. The van der Waals surface area contributed by atoms with Gasteiger partial charge in [-0.2, -0.15) is 5.10 Å². The maximum atomic E-state index is 10.7. The van der Waals surface area contributed by atoms with Crippen LogP contribution in [0.1, 0.15) is 6.42 Å². The number of carboxylic acid groups (broad SMARTS) is 1. The predicted octanol–water partition coefficient (Wildman–Crippen LogP) is 1.37. The lowest BCUT2D eigenvalue weighted by molar-refractivity contribution is -0.384. The van der Waals surface area contributed by atoms with E-state index in [2.05, 4.69) is 10.4 Å². The van der Waals surface area contributed by atoms with Gasteiger partial charge in [0.15, 0.2) is 5.82 Å². The number of hydrogen-bond donors (Lipinski definition) is 2. The first-order valence-corrected chi connectivity index (χ1v) is 5.56. The summed E-state index contributed by atoms with van der Waals surface area (Å²) in [5.74, 6) is -0.378. The molecule has 8 heteroatoms. The van der Waals surface area contributed by atoms with Crippen LogP contribution in [-0.4, -0.2) is 32.3 Å². The molecule has 0 amide bonds. The van der Waals surface area contributed by atoms with E-state index in [0.717, 1.165) is 5.39 Å². The lowest BCUT2D eigenvalue weighted by atomic mass is 10.2. The number of carbonyl (C=O) groups is 1. The highest BCUT2D eigenvalue weighted by Gasteiger charge is 2.13. The molecule has 19 heavy (non-hydrogen) atoms. The van der Waals surface area contributed by atoms with Crippen molar-refractivity contribution in [2.75, 3.05) is 11.9 Å². The fourth-order valence-electron chi connectivity index (χ4n) is 1.78. The summed E-state index contributed by atoms with van der Waals surface area (Å²) >= 11 is 0. The minimum atomic E-state index is -0.900. The summed E-state index contributed by atoms with van der Waals surface area (Å²) in [5, 5.41) is 27.1. The Labute approximate surface area is 107 Å². The van der Waals surface area contributed by atoms with Crippen molar-refractivity contribution in [2.24, 2.45) is 7.05 Å². The van der Waals surface area contributed by atoms with Crippen molar-refractivity contribution in [1.82, 2.24) is 9.78 Å². The monoisotopic (exact) mass is 264 g/mol. The van der Waals surface area contributed by atoms with Gasteiger partial charge in [-0.1, -0.05) is 0 Å². The molecule has 2 aromatic rings. The van der Waals surface area contributed by atoms with Gasteiger partial charge in [0.05, 0.1) is 16.9 Å². The summed E-state index contributed by atoms with van der Waals surface area (Å²) in [7, 11) is 1.68. The third kappa shape index (κ3) is 2.62. The van der Waals surface area contributed by atoms with Gasteiger partial charge >= 0.3 is 5.97 Å². The van der Waals surface area contributed by atoms with Gasteiger partial charge < -0.3 is 10.4 Å². The van der Waals surface area contributed by atoms with E-state index in [1.54, 1.807) is 13.1 Å². The topological polar surface area (TPSA) is 110 Å². The number of aryl methyl sites for hydroxylation is 1. The SMILES string of the molecule is Cn1nc(NCCC(=O)O)c2ccc([N+](=O)[O-])cc21. The van der Waals surface area contributed by atoms with Crippen molar-refractivity contribution in [3.63, 3.8) is 0 Å². The van der Waals surface area contributed by atoms with E-state index in [4.69, 9.17) is 5.11 Å². The smallest absolute Gasteiger partial charge is 0.305 e. The molecule has 0 fully saturated rings. The third-order valence-electron chi connectivity index (χ3n) is 2.68. The Morgan fingerprint density at radius 2 is 2.32 bits per heavy atom. The van der Waals surface area contributed by atoms with Gasteiger partial charge in [0, 0.05) is 31.1 Å². The van der Waals surface area contributed by atoms with Crippen LogP contribution >= 0.6 is 0 Å². The minimum Gasteiger partial charge on any atom is -0.481 e. The molecule has 0 bridgehead atoms. The molecular weight excluding hydrogens is 252 g/mol. The average Bonchev–Trinajstić information content (AvgIpc) is 2.66. The number of hydrogen-bond acceptors (Lipinski definition) is 5. The van der Waals surface area contributed by atoms with Crippen LogP contribution in [0.5, 0.6) is 0 Å². The summed E-state index contributed by atoms with van der Waals surface area (Å²) in [4.78, 5) is 20.7. The van der Waals surface area contributed by atoms with E-state index in [9.17, 15) is 14.9 Å². The van der Waals surface area contributed by atoms with E-state index in [1.165, 1.54) is 16.8 Å². The van der Waals surface area contributed by atoms with Gasteiger partial charge in [-0.15, -0.1) is 0 Å². The van der Waals surface area contributed by atoms with Crippen LogP contribution in [0.2, 0.25) is 0 Å². The Bertz CT molecular complexity index is 649. The zero-order chi connectivity index (χ0) is 14.0. The first-order chi connectivity index (χ1) is 8.99. The Morgan fingerprint density at radius 3 is 2.95 bits per heavy atom. The minimum absolute atomic E-state index is 0.00686. The highest BCUT2D eigenvalue weighted by Crippen LogP contribution is 2.26. The molecule has 1 heterocycles. The van der Waals surface area contributed by atoms with Gasteiger partial charge in [0.2, 0.25) is 0 Å². The summed E-state index contributed by atoms with van der Waals surface area (Å²) in [6.45, 7) is 0.248. The number of nitrogens with one attached hydrogen (secondary N) is 1. The molecule has 1 aromatic heterocycles. The van der Waals surface area contributed by atoms with Crippen molar-refractivity contribution >= 4 is 28.4 Å². The Balaban J connectivity index is 2.31. The van der Waals surface area contributed by atoms with E-state index in [0.29, 0.717) is 11.3 Å².